The van der Waals surface area contributed by atoms with Gasteiger partial charge in [-0.2, -0.15) is 4.98 Å². The number of aromatic nitrogens is 2. The molecule has 1 saturated heterocycles. The van der Waals surface area contributed by atoms with Crippen LogP contribution in [-0.2, 0) is 6.54 Å². The number of carbonyl (C=O) groups excluding carboxylic acids is 1. The summed E-state index contributed by atoms with van der Waals surface area (Å²) in [4.78, 5) is 35.2. The number of piperazine rings is 1. The van der Waals surface area contributed by atoms with Crippen LogP contribution in [0.25, 0.3) is 11.5 Å². The average molecular weight is 364 g/mol. The lowest BCUT2D eigenvalue weighted by Crippen LogP contribution is -2.48. The fourth-order valence-corrected chi connectivity index (χ4v) is 3.24. The van der Waals surface area contributed by atoms with Gasteiger partial charge in [0.05, 0.1) is 12.0 Å². The lowest BCUT2D eigenvalue weighted by molar-refractivity contribution is 0.0622. The van der Waals surface area contributed by atoms with E-state index < -0.39 is 5.69 Å². The van der Waals surface area contributed by atoms with Crippen LogP contribution < -0.4 is 5.69 Å². The number of H-pyrrole nitrogens is 1. The normalized spacial score (nSPS) is 15.0. The van der Waals surface area contributed by atoms with Crippen LogP contribution in [0, 0.1) is 0 Å². The molecule has 0 aliphatic carbocycles. The van der Waals surface area contributed by atoms with Gasteiger partial charge in [-0.05, 0) is 23.8 Å². The summed E-state index contributed by atoms with van der Waals surface area (Å²) < 4.78 is 5.30. The second kappa shape index (κ2) is 7.59. The van der Waals surface area contributed by atoms with Crippen LogP contribution in [0.3, 0.4) is 0 Å². The first kappa shape index (κ1) is 17.2. The van der Waals surface area contributed by atoms with Crippen molar-refractivity contribution in [3.05, 3.63) is 76.5 Å². The first-order valence-corrected chi connectivity index (χ1v) is 8.90. The average Bonchev–Trinajstić information content (AvgIpc) is 3.23. The van der Waals surface area contributed by atoms with Gasteiger partial charge in [-0.3, -0.25) is 9.69 Å². The van der Waals surface area contributed by atoms with E-state index in [-0.39, 0.29) is 11.6 Å². The minimum atomic E-state index is -0.560. The van der Waals surface area contributed by atoms with Crippen molar-refractivity contribution < 1.29 is 9.21 Å². The van der Waals surface area contributed by atoms with Crippen LogP contribution in [0.1, 0.15) is 16.1 Å². The third-order valence-electron chi connectivity index (χ3n) is 4.66. The van der Waals surface area contributed by atoms with E-state index in [9.17, 15) is 9.59 Å². The SMILES string of the molecule is O=C(c1cc(-c2ccco2)[nH]c(=O)n1)N1CCN(Cc2ccccc2)CC1. The summed E-state index contributed by atoms with van der Waals surface area (Å²) in [6.45, 7) is 3.66. The zero-order chi connectivity index (χ0) is 18.6. The van der Waals surface area contributed by atoms with Gasteiger partial charge in [0, 0.05) is 32.7 Å². The van der Waals surface area contributed by atoms with Crippen molar-refractivity contribution in [3.8, 4) is 11.5 Å². The Morgan fingerprint density at radius 3 is 2.56 bits per heavy atom. The van der Waals surface area contributed by atoms with Gasteiger partial charge in [0.25, 0.3) is 5.91 Å². The van der Waals surface area contributed by atoms with E-state index in [1.165, 1.54) is 11.8 Å². The predicted octanol–water partition coefficient (Wildman–Crippen LogP) is 1.99. The number of furan rings is 1. The third kappa shape index (κ3) is 3.98. The number of carbonyl (C=O) groups is 1. The Balaban J connectivity index is 1.43. The molecular formula is C20H20N4O3. The number of hydrogen-bond acceptors (Lipinski definition) is 5. The van der Waals surface area contributed by atoms with Gasteiger partial charge in [0.15, 0.2) is 0 Å². The highest BCUT2D eigenvalue weighted by molar-refractivity contribution is 5.93. The maximum absolute atomic E-state index is 12.8. The second-order valence-electron chi connectivity index (χ2n) is 6.52. The van der Waals surface area contributed by atoms with Crippen molar-refractivity contribution in [2.45, 2.75) is 6.54 Å². The van der Waals surface area contributed by atoms with Crippen molar-refractivity contribution in [2.75, 3.05) is 26.2 Å². The Kier molecular flexibility index (Phi) is 4.84. The lowest BCUT2D eigenvalue weighted by atomic mass is 10.2. The number of benzene rings is 1. The first-order chi connectivity index (χ1) is 13.2. The topological polar surface area (TPSA) is 82.4 Å². The largest absolute Gasteiger partial charge is 0.463 e. The highest BCUT2D eigenvalue weighted by Crippen LogP contribution is 2.17. The number of nitrogens with zero attached hydrogens (tertiary/aromatic N) is 3. The molecule has 0 bridgehead atoms. The Morgan fingerprint density at radius 1 is 1.07 bits per heavy atom. The van der Waals surface area contributed by atoms with Gasteiger partial charge in [-0.1, -0.05) is 30.3 Å². The Morgan fingerprint density at radius 2 is 1.85 bits per heavy atom. The smallest absolute Gasteiger partial charge is 0.346 e. The molecule has 0 atom stereocenters. The molecule has 3 aromatic rings. The van der Waals surface area contributed by atoms with Crippen LogP contribution in [-0.4, -0.2) is 51.9 Å². The van der Waals surface area contributed by atoms with Gasteiger partial charge in [-0.15, -0.1) is 0 Å². The number of nitrogens with one attached hydrogen (secondary N) is 1. The second-order valence-corrected chi connectivity index (χ2v) is 6.52. The molecule has 0 radical (unpaired) electrons. The van der Waals surface area contributed by atoms with Gasteiger partial charge < -0.3 is 14.3 Å². The summed E-state index contributed by atoms with van der Waals surface area (Å²) in [6.07, 6.45) is 1.52. The highest BCUT2D eigenvalue weighted by Gasteiger charge is 2.24. The number of hydrogen-bond donors (Lipinski definition) is 1. The minimum absolute atomic E-state index is 0.140. The van der Waals surface area contributed by atoms with E-state index in [1.54, 1.807) is 23.1 Å². The number of aromatic amines is 1. The van der Waals surface area contributed by atoms with Crippen LogP contribution in [0.5, 0.6) is 0 Å². The standard InChI is InChI=1S/C20H20N4O3/c25-19(17-13-16(21-20(26)22-17)18-7-4-12-27-18)24-10-8-23(9-11-24)14-15-5-2-1-3-6-15/h1-7,12-13H,8-11,14H2,(H,21,22,26). The third-order valence-corrected chi connectivity index (χ3v) is 4.66. The molecule has 1 aromatic carbocycles. The molecule has 0 unspecified atom stereocenters. The molecule has 1 N–H and O–H groups in total. The molecule has 1 aliphatic heterocycles. The van der Waals surface area contributed by atoms with Crippen LogP contribution in [0.2, 0.25) is 0 Å². The van der Waals surface area contributed by atoms with Crippen LogP contribution in [0.15, 0.2) is 64.0 Å². The summed E-state index contributed by atoms with van der Waals surface area (Å²) in [7, 11) is 0. The first-order valence-electron chi connectivity index (χ1n) is 8.90. The Hall–Kier alpha value is -3.19. The molecule has 7 heteroatoms. The number of amides is 1. The highest BCUT2D eigenvalue weighted by atomic mass is 16.3. The molecule has 1 aliphatic rings. The predicted molar refractivity (Wildman–Crippen MR) is 100 cm³/mol. The maximum Gasteiger partial charge on any atom is 0.346 e. The molecule has 2 aromatic heterocycles. The van der Waals surface area contributed by atoms with E-state index in [0.29, 0.717) is 24.5 Å². The van der Waals surface area contributed by atoms with E-state index in [1.807, 2.05) is 18.2 Å². The molecule has 1 amide bonds. The van der Waals surface area contributed by atoms with E-state index in [4.69, 9.17) is 4.42 Å². The fraction of sp³-hybridized carbons (Fsp3) is 0.250. The van der Waals surface area contributed by atoms with Crippen molar-refractivity contribution >= 4 is 5.91 Å². The maximum atomic E-state index is 12.8. The van der Waals surface area contributed by atoms with Gasteiger partial charge >= 0.3 is 5.69 Å². The van der Waals surface area contributed by atoms with Gasteiger partial charge in [0.1, 0.15) is 11.5 Å². The van der Waals surface area contributed by atoms with Crippen molar-refractivity contribution in [1.82, 2.24) is 19.8 Å². The summed E-state index contributed by atoms with van der Waals surface area (Å²) >= 11 is 0. The number of rotatable bonds is 4. The fourth-order valence-electron chi connectivity index (χ4n) is 3.24. The quantitative estimate of drug-likeness (QED) is 0.766. The van der Waals surface area contributed by atoms with E-state index in [2.05, 4.69) is 27.0 Å². The molecule has 3 heterocycles. The molecular weight excluding hydrogens is 344 g/mol. The Labute approximate surface area is 156 Å². The van der Waals surface area contributed by atoms with E-state index in [0.717, 1.165) is 19.6 Å². The van der Waals surface area contributed by atoms with Crippen LogP contribution >= 0.6 is 0 Å². The molecule has 0 spiro atoms. The molecule has 4 rings (SSSR count). The van der Waals surface area contributed by atoms with Crippen molar-refractivity contribution in [2.24, 2.45) is 0 Å². The molecule has 7 nitrogen and oxygen atoms in total. The molecule has 0 saturated carbocycles. The molecule has 27 heavy (non-hydrogen) atoms. The van der Waals surface area contributed by atoms with Gasteiger partial charge in [-0.25, -0.2) is 4.79 Å². The minimum Gasteiger partial charge on any atom is -0.463 e. The zero-order valence-corrected chi connectivity index (χ0v) is 14.8. The zero-order valence-electron chi connectivity index (χ0n) is 14.8. The molecule has 1 fully saturated rings. The molecule has 138 valence electrons. The summed E-state index contributed by atoms with van der Waals surface area (Å²) in [5, 5.41) is 0. The van der Waals surface area contributed by atoms with Crippen LogP contribution in [0.4, 0.5) is 0 Å². The van der Waals surface area contributed by atoms with Gasteiger partial charge in [0.2, 0.25) is 0 Å². The Bertz CT molecular complexity index is 958. The lowest BCUT2D eigenvalue weighted by Gasteiger charge is -2.34. The summed E-state index contributed by atoms with van der Waals surface area (Å²) in [6, 6.07) is 15.3. The van der Waals surface area contributed by atoms with E-state index >= 15 is 0 Å². The monoisotopic (exact) mass is 364 g/mol. The van der Waals surface area contributed by atoms with Crippen molar-refractivity contribution in [1.29, 1.82) is 0 Å². The van der Waals surface area contributed by atoms with Crippen molar-refractivity contribution in [3.63, 3.8) is 0 Å². The summed E-state index contributed by atoms with van der Waals surface area (Å²) in [5.74, 6) is 0.268. The summed E-state index contributed by atoms with van der Waals surface area (Å²) in [5.41, 5.74) is 1.29.